The topological polar surface area (TPSA) is 97.6 Å². The van der Waals surface area contributed by atoms with Crippen LogP contribution in [0, 0.1) is 6.92 Å². The Morgan fingerprint density at radius 2 is 2.12 bits per heavy atom. The second-order valence-electron chi connectivity index (χ2n) is 7.15. The number of alkyl carbamates (subject to hydrolysis) is 1. The molecule has 0 atom stereocenters. The van der Waals surface area contributed by atoms with Gasteiger partial charge in [0.05, 0.1) is 0 Å². The summed E-state index contributed by atoms with van der Waals surface area (Å²) in [5, 5.41) is 10.5. The third-order valence-electron chi connectivity index (χ3n) is 3.81. The van der Waals surface area contributed by atoms with Crippen LogP contribution < -0.4 is 5.32 Å². The van der Waals surface area contributed by atoms with Crippen LogP contribution in [0.4, 0.5) is 4.79 Å². The molecule has 1 aromatic carbocycles. The molecule has 0 fully saturated rings. The number of hydrogen-bond acceptors (Lipinski definition) is 6. The van der Waals surface area contributed by atoms with E-state index in [1.807, 2.05) is 12.1 Å². The molecule has 0 saturated carbocycles. The zero-order chi connectivity index (χ0) is 18.9. The number of aryl methyl sites for hydroxylation is 1. The zero-order valence-corrected chi connectivity index (χ0v) is 15.3. The lowest BCUT2D eigenvalue weighted by Gasteiger charge is -2.21. The molecule has 1 aromatic heterocycles. The molecule has 0 saturated heterocycles. The third kappa shape index (κ3) is 4.01. The van der Waals surface area contributed by atoms with E-state index in [1.54, 1.807) is 38.7 Å². The highest BCUT2D eigenvalue weighted by Gasteiger charge is 2.28. The van der Waals surface area contributed by atoms with Crippen molar-refractivity contribution < 1.29 is 18.7 Å². The van der Waals surface area contributed by atoms with Crippen molar-refractivity contribution >= 4 is 12.0 Å². The summed E-state index contributed by atoms with van der Waals surface area (Å²) in [6.07, 6.45) is -0.490. The molecule has 1 N–H and O–H groups in total. The highest BCUT2D eigenvalue weighted by atomic mass is 16.6. The van der Waals surface area contributed by atoms with Gasteiger partial charge >= 0.3 is 6.09 Å². The molecule has 0 spiro atoms. The molecule has 138 valence electrons. The van der Waals surface area contributed by atoms with Gasteiger partial charge in [0.2, 0.25) is 11.8 Å². The second kappa shape index (κ2) is 6.78. The molecule has 2 aromatic rings. The summed E-state index contributed by atoms with van der Waals surface area (Å²) in [5.74, 6) is 0.786. The molecule has 2 heterocycles. The van der Waals surface area contributed by atoms with Crippen molar-refractivity contribution in [2.24, 2.45) is 0 Å². The molecule has 0 aliphatic carbocycles. The van der Waals surface area contributed by atoms with Gasteiger partial charge in [-0.3, -0.25) is 4.79 Å². The fourth-order valence-corrected chi connectivity index (χ4v) is 2.70. The van der Waals surface area contributed by atoms with Crippen LogP contribution in [0.3, 0.4) is 0 Å². The Balaban J connectivity index is 1.60. The number of nitrogens with one attached hydrogen (secondary N) is 1. The van der Waals surface area contributed by atoms with E-state index in [0.29, 0.717) is 42.5 Å². The van der Waals surface area contributed by atoms with Gasteiger partial charge in [0.15, 0.2) is 0 Å². The summed E-state index contributed by atoms with van der Waals surface area (Å²) < 4.78 is 10.6. The van der Waals surface area contributed by atoms with Crippen LogP contribution >= 0.6 is 0 Å². The number of carbonyl (C=O) groups is 2. The van der Waals surface area contributed by atoms with Crippen LogP contribution in [-0.2, 0) is 11.3 Å². The predicted molar refractivity (Wildman–Crippen MR) is 93.4 cm³/mol. The van der Waals surface area contributed by atoms with E-state index < -0.39 is 11.7 Å². The van der Waals surface area contributed by atoms with Gasteiger partial charge in [0.25, 0.3) is 5.91 Å². The Hall–Kier alpha value is -2.90. The molecule has 3 rings (SSSR count). The fourth-order valence-electron chi connectivity index (χ4n) is 2.70. The van der Waals surface area contributed by atoms with Crippen LogP contribution in [0.2, 0.25) is 0 Å². The van der Waals surface area contributed by atoms with Crippen molar-refractivity contribution in [3.8, 4) is 11.5 Å². The highest BCUT2D eigenvalue weighted by Crippen LogP contribution is 2.27. The van der Waals surface area contributed by atoms with Gasteiger partial charge in [0, 0.05) is 37.7 Å². The molecule has 8 heteroatoms. The van der Waals surface area contributed by atoms with Gasteiger partial charge in [-0.25, -0.2) is 4.79 Å². The number of amides is 2. The average molecular weight is 358 g/mol. The first-order chi connectivity index (χ1) is 12.2. The van der Waals surface area contributed by atoms with Crippen LogP contribution in [0.1, 0.15) is 42.6 Å². The second-order valence-corrected chi connectivity index (χ2v) is 7.15. The average Bonchev–Trinajstić information content (AvgIpc) is 3.10. The molecule has 0 radical (unpaired) electrons. The van der Waals surface area contributed by atoms with Gasteiger partial charge in [0.1, 0.15) is 5.60 Å². The molecular weight excluding hydrogens is 336 g/mol. The van der Waals surface area contributed by atoms with E-state index in [2.05, 4.69) is 15.5 Å². The number of hydrogen-bond donors (Lipinski definition) is 1. The maximum absolute atomic E-state index is 12.6. The summed E-state index contributed by atoms with van der Waals surface area (Å²) in [7, 11) is 0. The SMILES string of the molecule is Cc1nnc(-c2ccc3c(c2)C(=O)N(CCNC(=O)OC(C)(C)C)C3)o1. The highest BCUT2D eigenvalue weighted by molar-refractivity contribution is 5.99. The van der Waals surface area contributed by atoms with E-state index in [-0.39, 0.29) is 5.91 Å². The number of rotatable bonds is 4. The summed E-state index contributed by atoms with van der Waals surface area (Å²) in [4.78, 5) is 26.0. The Morgan fingerprint density at radius 3 is 2.77 bits per heavy atom. The molecule has 26 heavy (non-hydrogen) atoms. The van der Waals surface area contributed by atoms with Crippen LogP contribution in [0.5, 0.6) is 0 Å². The Bertz CT molecular complexity index is 838. The quantitative estimate of drug-likeness (QED) is 0.902. The first-order valence-electron chi connectivity index (χ1n) is 8.42. The molecular formula is C18H22N4O4. The van der Waals surface area contributed by atoms with Crippen molar-refractivity contribution in [3.63, 3.8) is 0 Å². The van der Waals surface area contributed by atoms with E-state index in [9.17, 15) is 9.59 Å². The standard InChI is InChI=1S/C18H22N4O4/c1-11-20-21-15(25-11)12-5-6-13-10-22(16(23)14(13)9-12)8-7-19-17(24)26-18(2,3)4/h5-6,9H,7-8,10H2,1-4H3,(H,19,24). The Morgan fingerprint density at radius 1 is 1.35 bits per heavy atom. The van der Waals surface area contributed by atoms with Crippen LogP contribution in [0.15, 0.2) is 22.6 Å². The third-order valence-corrected chi connectivity index (χ3v) is 3.81. The van der Waals surface area contributed by atoms with Gasteiger partial charge in [-0.15, -0.1) is 10.2 Å². The first kappa shape index (κ1) is 17.9. The fraction of sp³-hybridized carbons (Fsp3) is 0.444. The van der Waals surface area contributed by atoms with E-state index in [0.717, 1.165) is 5.56 Å². The normalized spacial score (nSPS) is 13.7. The van der Waals surface area contributed by atoms with Crippen molar-refractivity contribution in [1.82, 2.24) is 20.4 Å². The lowest BCUT2D eigenvalue weighted by molar-refractivity contribution is 0.0515. The van der Waals surface area contributed by atoms with Gasteiger partial charge in [-0.1, -0.05) is 6.07 Å². The van der Waals surface area contributed by atoms with Crippen molar-refractivity contribution in [2.45, 2.75) is 39.8 Å². The molecule has 1 aliphatic heterocycles. The smallest absolute Gasteiger partial charge is 0.407 e. The maximum Gasteiger partial charge on any atom is 0.407 e. The minimum atomic E-state index is -0.548. The predicted octanol–water partition coefficient (Wildman–Crippen LogP) is 2.53. The monoisotopic (exact) mass is 358 g/mol. The minimum Gasteiger partial charge on any atom is -0.444 e. The number of fused-ring (bicyclic) bond motifs is 1. The summed E-state index contributed by atoms with van der Waals surface area (Å²) >= 11 is 0. The molecule has 1 aliphatic rings. The van der Waals surface area contributed by atoms with Gasteiger partial charge < -0.3 is 19.4 Å². The Labute approximate surface area is 151 Å². The molecule has 0 unspecified atom stereocenters. The largest absolute Gasteiger partial charge is 0.444 e. The minimum absolute atomic E-state index is 0.0796. The number of nitrogens with zero attached hydrogens (tertiary/aromatic N) is 3. The molecule has 8 nitrogen and oxygen atoms in total. The van der Waals surface area contributed by atoms with Gasteiger partial charge in [-0.05, 0) is 38.5 Å². The molecule has 2 amide bonds. The Kier molecular flexibility index (Phi) is 4.67. The van der Waals surface area contributed by atoms with Gasteiger partial charge in [-0.2, -0.15) is 0 Å². The van der Waals surface area contributed by atoms with E-state index in [4.69, 9.17) is 9.15 Å². The van der Waals surface area contributed by atoms with E-state index >= 15 is 0 Å². The molecule has 0 bridgehead atoms. The van der Waals surface area contributed by atoms with Crippen molar-refractivity contribution in [3.05, 3.63) is 35.2 Å². The number of ether oxygens (including phenoxy) is 1. The zero-order valence-electron chi connectivity index (χ0n) is 15.3. The lowest BCUT2D eigenvalue weighted by Crippen LogP contribution is -2.38. The maximum atomic E-state index is 12.6. The number of benzene rings is 1. The van der Waals surface area contributed by atoms with Crippen LogP contribution in [0.25, 0.3) is 11.5 Å². The first-order valence-corrected chi connectivity index (χ1v) is 8.42. The summed E-state index contributed by atoms with van der Waals surface area (Å²) in [5.41, 5.74) is 1.72. The van der Waals surface area contributed by atoms with E-state index in [1.165, 1.54) is 0 Å². The summed E-state index contributed by atoms with van der Waals surface area (Å²) in [6.45, 7) is 8.36. The number of carbonyl (C=O) groups excluding carboxylic acids is 2. The number of aromatic nitrogens is 2. The van der Waals surface area contributed by atoms with Crippen LogP contribution in [-0.4, -0.2) is 45.8 Å². The van der Waals surface area contributed by atoms with Crippen molar-refractivity contribution in [2.75, 3.05) is 13.1 Å². The van der Waals surface area contributed by atoms with Crippen molar-refractivity contribution in [1.29, 1.82) is 0 Å². The summed E-state index contributed by atoms with van der Waals surface area (Å²) in [6, 6.07) is 5.52. The lowest BCUT2D eigenvalue weighted by atomic mass is 10.1.